The second-order valence-corrected chi connectivity index (χ2v) is 5.89. The molecule has 0 bridgehead atoms. The van der Waals surface area contributed by atoms with Crippen molar-refractivity contribution >= 4 is 0 Å². The van der Waals surface area contributed by atoms with Crippen LogP contribution in [0.1, 0.15) is 51.0 Å². The van der Waals surface area contributed by atoms with Crippen LogP contribution in [0.4, 0.5) is 0 Å². The van der Waals surface area contributed by atoms with Crippen LogP contribution in [0.25, 0.3) is 0 Å². The molecule has 2 atom stereocenters. The maximum Gasteiger partial charge on any atom is 0.0576 e. The molecule has 1 N–H and O–H groups in total. The van der Waals surface area contributed by atoms with Gasteiger partial charge in [0.25, 0.3) is 0 Å². The fourth-order valence-corrected chi connectivity index (χ4v) is 2.94. The van der Waals surface area contributed by atoms with Gasteiger partial charge >= 0.3 is 0 Å². The number of rotatable bonds is 9. The van der Waals surface area contributed by atoms with Crippen LogP contribution in [0.2, 0.25) is 0 Å². The molecular formula is C18H29NO. The fourth-order valence-electron chi connectivity index (χ4n) is 2.94. The smallest absolute Gasteiger partial charge is 0.0576 e. The van der Waals surface area contributed by atoms with Gasteiger partial charge in [-0.2, -0.15) is 0 Å². The van der Waals surface area contributed by atoms with Gasteiger partial charge in [-0.05, 0) is 57.1 Å². The van der Waals surface area contributed by atoms with Crippen molar-refractivity contribution in [1.29, 1.82) is 0 Å². The Labute approximate surface area is 123 Å². The highest BCUT2D eigenvalue weighted by atomic mass is 16.5. The molecule has 1 aromatic rings. The lowest BCUT2D eigenvalue weighted by Gasteiger charge is -2.20. The second kappa shape index (κ2) is 9.15. The van der Waals surface area contributed by atoms with Gasteiger partial charge in [-0.3, -0.25) is 0 Å². The van der Waals surface area contributed by atoms with E-state index in [1.807, 2.05) is 0 Å². The Kier molecular flexibility index (Phi) is 7.10. The molecule has 0 amide bonds. The van der Waals surface area contributed by atoms with Crippen LogP contribution in [0.15, 0.2) is 30.3 Å². The van der Waals surface area contributed by atoms with Crippen LogP contribution in [-0.4, -0.2) is 25.3 Å². The van der Waals surface area contributed by atoms with Crippen molar-refractivity contribution in [3.8, 4) is 0 Å². The third-order valence-corrected chi connectivity index (χ3v) is 4.17. The first kappa shape index (κ1) is 15.5. The molecule has 2 heteroatoms. The summed E-state index contributed by atoms with van der Waals surface area (Å²) in [6, 6.07) is 11.5. The quantitative estimate of drug-likeness (QED) is 0.737. The van der Waals surface area contributed by atoms with E-state index in [4.69, 9.17) is 4.74 Å². The molecule has 2 unspecified atom stereocenters. The van der Waals surface area contributed by atoms with Crippen molar-refractivity contribution in [1.82, 2.24) is 5.32 Å². The monoisotopic (exact) mass is 275 g/mol. The summed E-state index contributed by atoms with van der Waals surface area (Å²) in [5.41, 5.74) is 1.45. The van der Waals surface area contributed by atoms with E-state index in [1.54, 1.807) is 0 Å². The molecular weight excluding hydrogens is 246 g/mol. The molecule has 1 heterocycles. The summed E-state index contributed by atoms with van der Waals surface area (Å²) in [5.74, 6) is 0. The summed E-state index contributed by atoms with van der Waals surface area (Å²) in [4.78, 5) is 0. The Morgan fingerprint density at radius 2 is 2.10 bits per heavy atom. The van der Waals surface area contributed by atoms with Gasteiger partial charge in [-0.25, -0.2) is 0 Å². The molecule has 1 fully saturated rings. The molecule has 0 aliphatic carbocycles. The maximum absolute atomic E-state index is 5.74. The Morgan fingerprint density at radius 1 is 1.25 bits per heavy atom. The van der Waals surface area contributed by atoms with E-state index >= 15 is 0 Å². The number of benzene rings is 1. The zero-order valence-corrected chi connectivity index (χ0v) is 12.8. The summed E-state index contributed by atoms with van der Waals surface area (Å²) in [6.07, 6.45) is 9.12. The molecule has 1 aromatic carbocycles. The fraction of sp³-hybridized carbons (Fsp3) is 0.667. The first-order chi connectivity index (χ1) is 9.88. The predicted octanol–water partition coefficient (Wildman–Crippen LogP) is 3.95. The van der Waals surface area contributed by atoms with Crippen LogP contribution in [0.3, 0.4) is 0 Å². The van der Waals surface area contributed by atoms with Gasteiger partial charge < -0.3 is 10.1 Å². The van der Waals surface area contributed by atoms with Crippen molar-refractivity contribution in [3.63, 3.8) is 0 Å². The van der Waals surface area contributed by atoms with Gasteiger partial charge in [-0.1, -0.05) is 37.3 Å². The van der Waals surface area contributed by atoms with Crippen molar-refractivity contribution in [3.05, 3.63) is 35.9 Å². The minimum Gasteiger partial charge on any atom is -0.378 e. The molecule has 1 aliphatic heterocycles. The van der Waals surface area contributed by atoms with Gasteiger partial charge in [0.1, 0.15) is 0 Å². The summed E-state index contributed by atoms with van der Waals surface area (Å²) < 4.78 is 5.74. The zero-order valence-electron chi connectivity index (χ0n) is 12.8. The van der Waals surface area contributed by atoms with E-state index in [0.717, 1.165) is 13.2 Å². The van der Waals surface area contributed by atoms with Crippen LogP contribution < -0.4 is 5.32 Å². The maximum atomic E-state index is 5.74. The molecule has 0 spiro atoms. The highest BCUT2D eigenvalue weighted by molar-refractivity contribution is 5.14. The Hall–Kier alpha value is -0.860. The van der Waals surface area contributed by atoms with Crippen molar-refractivity contribution < 1.29 is 4.74 Å². The SMILES string of the molecule is CCCNC(CCc1ccccc1)CCC1CCCO1. The first-order valence-electron chi connectivity index (χ1n) is 8.27. The van der Waals surface area contributed by atoms with Gasteiger partial charge in [-0.15, -0.1) is 0 Å². The summed E-state index contributed by atoms with van der Waals surface area (Å²) in [7, 11) is 0. The summed E-state index contributed by atoms with van der Waals surface area (Å²) in [5, 5.41) is 3.71. The van der Waals surface area contributed by atoms with Crippen LogP contribution in [0, 0.1) is 0 Å². The topological polar surface area (TPSA) is 21.3 Å². The average Bonchev–Trinajstić information content (AvgIpc) is 3.01. The normalized spacial score (nSPS) is 20.1. The van der Waals surface area contributed by atoms with Gasteiger partial charge in [0.05, 0.1) is 6.10 Å². The third-order valence-electron chi connectivity index (χ3n) is 4.17. The van der Waals surface area contributed by atoms with Crippen molar-refractivity contribution in [2.24, 2.45) is 0 Å². The van der Waals surface area contributed by atoms with E-state index in [2.05, 4.69) is 42.6 Å². The molecule has 20 heavy (non-hydrogen) atoms. The third kappa shape index (κ3) is 5.64. The average molecular weight is 275 g/mol. The highest BCUT2D eigenvalue weighted by Crippen LogP contribution is 2.19. The molecule has 0 aromatic heterocycles. The molecule has 112 valence electrons. The van der Waals surface area contributed by atoms with Crippen LogP contribution >= 0.6 is 0 Å². The lowest BCUT2D eigenvalue weighted by Crippen LogP contribution is -2.31. The van der Waals surface area contributed by atoms with Crippen molar-refractivity contribution in [2.45, 2.75) is 64.0 Å². The second-order valence-electron chi connectivity index (χ2n) is 5.89. The van der Waals surface area contributed by atoms with Crippen LogP contribution in [-0.2, 0) is 11.2 Å². The highest BCUT2D eigenvalue weighted by Gasteiger charge is 2.17. The predicted molar refractivity (Wildman–Crippen MR) is 85.1 cm³/mol. The Bertz CT molecular complexity index is 346. The molecule has 0 radical (unpaired) electrons. The van der Waals surface area contributed by atoms with E-state index in [1.165, 1.54) is 50.5 Å². The lowest BCUT2D eigenvalue weighted by atomic mass is 9.99. The summed E-state index contributed by atoms with van der Waals surface area (Å²) in [6.45, 7) is 4.34. The standard InChI is InChI=1S/C18H29NO/c1-2-14-19-17(12-13-18-9-6-15-20-18)11-10-16-7-4-3-5-8-16/h3-5,7-8,17-19H,2,6,9-15H2,1H3. The number of hydrogen-bond acceptors (Lipinski definition) is 2. The molecule has 0 saturated carbocycles. The molecule has 2 nitrogen and oxygen atoms in total. The van der Waals surface area contributed by atoms with E-state index < -0.39 is 0 Å². The molecule has 2 rings (SSSR count). The number of hydrogen-bond donors (Lipinski definition) is 1. The Balaban J connectivity index is 1.73. The number of ether oxygens (including phenoxy) is 1. The minimum atomic E-state index is 0.526. The Morgan fingerprint density at radius 3 is 2.80 bits per heavy atom. The molecule has 1 aliphatic rings. The number of nitrogens with one attached hydrogen (secondary N) is 1. The molecule has 1 saturated heterocycles. The van der Waals surface area contributed by atoms with Gasteiger partial charge in [0, 0.05) is 12.6 Å². The van der Waals surface area contributed by atoms with Gasteiger partial charge in [0.2, 0.25) is 0 Å². The summed E-state index contributed by atoms with van der Waals surface area (Å²) >= 11 is 0. The van der Waals surface area contributed by atoms with E-state index in [-0.39, 0.29) is 0 Å². The van der Waals surface area contributed by atoms with Crippen LogP contribution in [0.5, 0.6) is 0 Å². The van der Waals surface area contributed by atoms with Crippen molar-refractivity contribution in [2.75, 3.05) is 13.2 Å². The van der Waals surface area contributed by atoms with E-state index in [0.29, 0.717) is 12.1 Å². The lowest BCUT2D eigenvalue weighted by molar-refractivity contribution is 0.0993. The largest absolute Gasteiger partial charge is 0.378 e. The zero-order chi connectivity index (χ0) is 14.0. The minimum absolute atomic E-state index is 0.526. The van der Waals surface area contributed by atoms with E-state index in [9.17, 15) is 0 Å². The van der Waals surface area contributed by atoms with Gasteiger partial charge in [0.15, 0.2) is 0 Å². The number of aryl methyl sites for hydroxylation is 1. The first-order valence-corrected chi connectivity index (χ1v) is 8.27.